The van der Waals surface area contributed by atoms with E-state index in [1.807, 2.05) is 0 Å². The van der Waals surface area contributed by atoms with E-state index in [1.54, 1.807) is 0 Å². The van der Waals surface area contributed by atoms with E-state index in [2.05, 4.69) is 23.9 Å². The van der Waals surface area contributed by atoms with Crippen molar-refractivity contribution in [2.75, 3.05) is 0 Å². The maximum Gasteiger partial charge on any atom is 0.0312 e. The molecule has 2 N–H and O–H groups in total. The second-order valence-corrected chi connectivity index (χ2v) is 3.33. The first kappa shape index (κ1) is 6.92. The van der Waals surface area contributed by atoms with Crippen molar-refractivity contribution in [3.05, 3.63) is 23.5 Å². The van der Waals surface area contributed by atoms with Crippen molar-refractivity contribution in [2.24, 2.45) is 12.8 Å². The van der Waals surface area contributed by atoms with Crippen LogP contribution in [0.2, 0.25) is 0 Å². The Morgan fingerprint density at radius 1 is 1.64 bits per heavy atom. The summed E-state index contributed by atoms with van der Waals surface area (Å²) in [6, 6.07) is 2.44. The van der Waals surface area contributed by atoms with Crippen LogP contribution in [-0.4, -0.2) is 4.57 Å². The minimum absolute atomic E-state index is 0.292. The number of fused-ring (bicyclic) bond motifs is 1. The smallest absolute Gasteiger partial charge is 0.0312 e. The number of aromatic nitrogens is 1. The highest BCUT2D eigenvalue weighted by atomic mass is 14.9. The monoisotopic (exact) mass is 150 g/mol. The minimum Gasteiger partial charge on any atom is -0.354 e. The van der Waals surface area contributed by atoms with Crippen LogP contribution in [0.25, 0.3) is 0 Å². The van der Waals surface area contributed by atoms with Crippen molar-refractivity contribution in [2.45, 2.75) is 25.3 Å². The Bertz CT molecular complexity index is 263. The predicted octanol–water partition coefficient (Wildman–Crippen LogP) is 1.36. The molecule has 0 bridgehead atoms. The van der Waals surface area contributed by atoms with Gasteiger partial charge in [-0.25, -0.2) is 0 Å². The van der Waals surface area contributed by atoms with Crippen molar-refractivity contribution in [3.63, 3.8) is 0 Å². The summed E-state index contributed by atoms with van der Waals surface area (Å²) in [5.74, 6) is 0. The summed E-state index contributed by atoms with van der Waals surface area (Å²) in [6.07, 6.45) is 5.70. The van der Waals surface area contributed by atoms with Gasteiger partial charge in [0.05, 0.1) is 0 Å². The van der Waals surface area contributed by atoms with Gasteiger partial charge in [-0.15, -0.1) is 0 Å². The largest absolute Gasteiger partial charge is 0.354 e. The van der Waals surface area contributed by atoms with Gasteiger partial charge in [0, 0.05) is 25.0 Å². The summed E-state index contributed by atoms with van der Waals surface area (Å²) >= 11 is 0. The lowest BCUT2D eigenvalue weighted by Crippen LogP contribution is -2.17. The zero-order valence-corrected chi connectivity index (χ0v) is 6.88. The molecule has 1 aliphatic rings. The van der Waals surface area contributed by atoms with Crippen molar-refractivity contribution >= 4 is 0 Å². The van der Waals surface area contributed by atoms with E-state index in [4.69, 9.17) is 5.73 Å². The van der Waals surface area contributed by atoms with Crippen LogP contribution in [0.5, 0.6) is 0 Å². The van der Waals surface area contributed by atoms with E-state index in [-0.39, 0.29) is 0 Å². The van der Waals surface area contributed by atoms with Crippen molar-refractivity contribution in [1.82, 2.24) is 4.57 Å². The fourth-order valence-corrected chi connectivity index (χ4v) is 1.89. The molecule has 0 aromatic carbocycles. The van der Waals surface area contributed by atoms with Gasteiger partial charge in [0.1, 0.15) is 0 Å². The third-order valence-electron chi connectivity index (χ3n) is 2.56. The molecule has 2 rings (SSSR count). The highest BCUT2D eigenvalue weighted by molar-refractivity contribution is 5.27. The second-order valence-electron chi connectivity index (χ2n) is 3.33. The molecule has 1 aliphatic carbocycles. The number of aryl methyl sites for hydroxylation is 1. The van der Waals surface area contributed by atoms with Crippen LogP contribution in [0.3, 0.4) is 0 Å². The quantitative estimate of drug-likeness (QED) is 0.595. The summed E-state index contributed by atoms with van der Waals surface area (Å²) in [5, 5.41) is 0. The summed E-state index contributed by atoms with van der Waals surface area (Å²) in [5.41, 5.74) is 8.74. The van der Waals surface area contributed by atoms with E-state index >= 15 is 0 Å². The van der Waals surface area contributed by atoms with Crippen molar-refractivity contribution in [1.29, 1.82) is 0 Å². The average molecular weight is 150 g/mol. The molecule has 1 heterocycles. The van der Waals surface area contributed by atoms with Crippen LogP contribution >= 0.6 is 0 Å². The molecule has 0 fully saturated rings. The molecule has 11 heavy (non-hydrogen) atoms. The Morgan fingerprint density at radius 3 is 3.18 bits per heavy atom. The molecule has 2 nitrogen and oxygen atoms in total. The maximum atomic E-state index is 5.95. The number of nitrogens with two attached hydrogens (primary N) is 1. The third kappa shape index (κ3) is 0.979. The number of hydrogen-bond donors (Lipinski definition) is 1. The molecule has 0 saturated carbocycles. The van der Waals surface area contributed by atoms with Gasteiger partial charge < -0.3 is 10.3 Å². The van der Waals surface area contributed by atoms with Gasteiger partial charge in [-0.1, -0.05) is 0 Å². The van der Waals surface area contributed by atoms with Crippen LogP contribution in [0.4, 0.5) is 0 Å². The predicted molar refractivity (Wildman–Crippen MR) is 45.3 cm³/mol. The SMILES string of the molecule is Cn1ccc2c1CCCC2N. The first-order chi connectivity index (χ1) is 5.29. The van der Waals surface area contributed by atoms with Gasteiger partial charge in [0.15, 0.2) is 0 Å². The van der Waals surface area contributed by atoms with Crippen LogP contribution in [0, 0.1) is 0 Å². The van der Waals surface area contributed by atoms with Crippen molar-refractivity contribution < 1.29 is 0 Å². The molecule has 0 aliphatic heterocycles. The Balaban J connectivity index is 2.46. The average Bonchev–Trinajstić information content (AvgIpc) is 2.35. The molecule has 0 saturated heterocycles. The first-order valence-electron chi connectivity index (χ1n) is 4.18. The Labute approximate surface area is 67.0 Å². The first-order valence-corrected chi connectivity index (χ1v) is 4.18. The molecule has 0 spiro atoms. The Morgan fingerprint density at radius 2 is 2.45 bits per heavy atom. The fraction of sp³-hybridized carbons (Fsp3) is 0.556. The molecule has 1 aromatic heterocycles. The van der Waals surface area contributed by atoms with E-state index in [0.29, 0.717) is 6.04 Å². The summed E-state index contributed by atoms with van der Waals surface area (Å²) in [6.45, 7) is 0. The van der Waals surface area contributed by atoms with Gasteiger partial charge in [0.2, 0.25) is 0 Å². The number of rotatable bonds is 0. The number of nitrogens with zero attached hydrogens (tertiary/aromatic N) is 1. The number of hydrogen-bond acceptors (Lipinski definition) is 1. The summed E-state index contributed by atoms with van der Waals surface area (Å²) < 4.78 is 2.19. The lowest BCUT2D eigenvalue weighted by atomic mass is 9.94. The minimum atomic E-state index is 0.292. The van der Waals surface area contributed by atoms with Crippen LogP contribution in [0.15, 0.2) is 12.3 Å². The second kappa shape index (κ2) is 2.38. The molecular weight excluding hydrogens is 136 g/mol. The summed E-state index contributed by atoms with van der Waals surface area (Å²) in [7, 11) is 2.09. The third-order valence-corrected chi connectivity index (χ3v) is 2.56. The molecule has 2 heteroatoms. The van der Waals surface area contributed by atoms with Crippen LogP contribution in [0.1, 0.15) is 30.1 Å². The molecule has 1 atom stereocenters. The lowest BCUT2D eigenvalue weighted by molar-refractivity contribution is 0.554. The van der Waals surface area contributed by atoms with Gasteiger partial charge in [0.25, 0.3) is 0 Å². The molecular formula is C9H14N2. The highest BCUT2D eigenvalue weighted by Crippen LogP contribution is 2.27. The molecule has 1 unspecified atom stereocenters. The topological polar surface area (TPSA) is 30.9 Å². The van der Waals surface area contributed by atoms with Crippen LogP contribution < -0.4 is 5.73 Å². The van der Waals surface area contributed by atoms with Gasteiger partial charge in [-0.3, -0.25) is 0 Å². The van der Waals surface area contributed by atoms with E-state index < -0.39 is 0 Å². The van der Waals surface area contributed by atoms with Gasteiger partial charge in [-0.2, -0.15) is 0 Å². The highest BCUT2D eigenvalue weighted by Gasteiger charge is 2.18. The molecule has 0 radical (unpaired) electrons. The Kier molecular flexibility index (Phi) is 1.50. The van der Waals surface area contributed by atoms with Gasteiger partial charge >= 0.3 is 0 Å². The van der Waals surface area contributed by atoms with E-state index in [9.17, 15) is 0 Å². The normalized spacial score (nSPS) is 23.3. The van der Waals surface area contributed by atoms with Crippen LogP contribution in [-0.2, 0) is 13.5 Å². The fourth-order valence-electron chi connectivity index (χ4n) is 1.89. The molecule has 60 valence electrons. The van der Waals surface area contributed by atoms with E-state index in [0.717, 1.165) is 6.42 Å². The molecule has 1 aromatic rings. The maximum absolute atomic E-state index is 5.95. The standard InChI is InChI=1S/C9H14N2/c1-11-6-5-7-8(10)3-2-4-9(7)11/h5-6,8H,2-4,10H2,1H3. The molecule has 0 amide bonds. The van der Waals surface area contributed by atoms with Gasteiger partial charge in [-0.05, 0) is 30.9 Å². The Hall–Kier alpha value is -0.760. The zero-order chi connectivity index (χ0) is 7.84. The lowest BCUT2D eigenvalue weighted by Gasteiger charge is -2.19. The zero-order valence-electron chi connectivity index (χ0n) is 6.88. The van der Waals surface area contributed by atoms with E-state index in [1.165, 1.54) is 24.1 Å². The summed E-state index contributed by atoms with van der Waals surface area (Å²) in [4.78, 5) is 0. The van der Waals surface area contributed by atoms with Crippen molar-refractivity contribution in [3.8, 4) is 0 Å².